The van der Waals surface area contributed by atoms with Crippen LogP contribution in [0.4, 0.5) is 0 Å². The number of carbonyl (C=O) groups excluding carboxylic acids is 1. The van der Waals surface area contributed by atoms with Gasteiger partial charge < -0.3 is 4.90 Å². The van der Waals surface area contributed by atoms with Gasteiger partial charge in [-0.3, -0.25) is 9.69 Å². The smallest absolute Gasteiger partial charge is 0.224 e. The Labute approximate surface area is 160 Å². The van der Waals surface area contributed by atoms with Gasteiger partial charge in [-0.25, -0.2) is 0 Å². The first kappa shape index (κ1) is 17.7. The predicted octanol–water partition coefficient (Wildman–Crippen LogP) is 4.50. The third kappa shape index (κ3) is 4.18. The molecular weight excluding hydrogens is 340 g/mol. The fraction of sp³-hybridized carbons (Fsp3) is 0.500. The predicted molar refractivity (Wildman–Crippen MR) is 107 cm³/mol. The molecule has 4 heteroatoms. The molecule has 2 aliphatic rings. The van der Waals surface area contributed by atoms with Crippen molar-refractivity contribution in [3.8, 4) is 0 Å². The molecule has 1 aliphatic carbocycles. The van der Waals surface area contributed by atoms with Crippen LogP contribution in [0.3, 0.4) is 0 Å². The molecule has 1 fully saturated rings. The summed E-state index contributed by atoms with van der Waals surface area (Å²) in [4.78, 5) is 18.8. The monoisotopic (exact) mass is 368 g/mol. The second-order valence-electron chi connectivity index (χ2n) is 7.71. The fourth-order valence-electron chi connectivity index (χ4n) is 3.88. The van der Waals surface area contributed by atoms with Crippen molar-refractivity contribution in [2.45, 2.75) is 45.2 Å². The minimum Gasteiger partial charge on any atom is -0.338 e. The van der Waals surface area contributed by atoms with E-state index >= 15 is 0 Å². The summed E-state index contributed by atoms with van der Waals surface area (Å²) in [5.74, 6) is 1.14. The number of nitrogens with zero attached hydrogens (tertiary/aromatic N) is 2. The Hall–Kier alpha value is -1.65. The van der Waals surface area contributed by atoms with Crippen molar-refractivity contribution in [3.05, 3.63) is 57.8 Å². The Balaban J connectivity index is 1.36. The second-order valence-corrected chi connectivity index (χ2v) is 8.71. The molecule has 138 valence electrons. The van der Waals surface area contributed by atoms with Gasteiger partial charge in [-0.1, -0.05) is 30.3 Å². The van der Waals surface area contributed by atoms with Gasteiger partial charge in [0.2, 0.25) is 5.91 Å². The van der Waals surface area contributed by atoms with E-state index in [1.807, 2.05) is 11.3 Å². The maximum absolute atomic E-state index is 12.8. The van der Waals surface area contributed by atoms with E-state index in [9.17, 15) is 4.79 Å². The SMILES string of the molecule is CC(c1ccccc1)N(CCC(=O)N1CCc2sccc2C1)CC1CC1. The largest absolute Gasteiger partial charge is 0.338 e. The minimum atomic E-state index is 0.308. The quantitative estimate of drug-likeness (QED) is 0.718. The second kappa shape index (κ2) is 7.93. The zero-order chi connectivity index (χ0) is 17.9. The highest BCUT2D eigenvalue weighted by atomic mass is 32.1. The summed E-state index contributed by atoms with van der Waals surface area (Å²) in [6.45, 7) is 5.94. The molecule has 1 amide bonds. The van der Waals surface area contributed by atoms with Gasteiger partial charge in [-0.15, -0.1) is 11.3 Å². The first-order valence-electron chi connectivity index (χ1n) is 9.82. The molecule has 26 heavy (non-hydrogen) atoms. The number of benzene rings is 1. The highest BCUT2D eigenvalue weighted by Crippen LogP contribution is 2.33. The van der Waals surface area contributed by atoms with Crippen LogP contribution >= 0.6 is 11.3 Å². The van der Waals surface area contributed by atoms with Crippen molar-refractivity contribution in [1.29, 1.82) is 0 Å². The van der Waals surface area contributed by atoms with Crippen LogP contribution in [-0.2, 0) is 17.8 Å². The summed E-state index contributed by atoms with van der Waals surface area (Å²) in [5.41, 5.74) is 2.70. The normalized spacial score (nSPS) is 18.0. The number of carbonyl (C=O) groups is 1. The van der Waals surface area contributed by atoms with Crippen LogP contribution in [0.1, 0.15) is 48.2 Å². The van der Waals surface area contributed by atoms with Crippen LogP contribution in [0.2, 0.25) is 0 Å². The van der Waals surface area contributed by atoms with E-state index in [4.69, 9.17) is 0 Å². The molecule has 1 aromatic heterocycles. The van der Waals surface area contributed by atoms with Crippen molar-refractivity contribution < 1.29 is 4.79 Å². The molecule has 0 saturated heterocycles. The molecule has 2 aromatic rings. The first-order valence-corrected chi connectivity index (χ1v) is 10.7. The minimum absolute atomic E-state index is 0.308. The number of rotatable bonds is 7. The number of hydrogen-bond donors (Lipinski definition) is 0. The van der Waals surface area contributed by atoms with Crippen LogP contribution in [0, 0.1) is 5.92 Å². The molecule has 0 N–H and O–H groups in total. The van der Waals surface area contributed by atoms with Gasteiger partial charge in [0.25, 0.3) is 0 Å². The lowest BCUT2D eigenvalue weighted by Gasteiger charge is -2.31. The third-order valence-electron chi connectivity index (χ3n) is 5.79. The zero-order valence-corrected chi connectivity index (χ0v) is 16.4. The van der Waals surface area contributed by atoms with Gasteiger partial charge in [-0.05, 0) is 54.7 Å². The Kier molecular flexibility index (Phi) is 5.41. The summed E-state index contributed by atoms with van der Waals surface area (Å²) < 4.78 is 0. The van der Waals surface area contributed by atoms with Crippen LogP contribution in [0.25, 0.3) is 0 Å². The highest BCUT2D eigenvalue weighted by molar-refractivity contribution is 7.10. The molecule has 3 nitrogen and oxygen atoms in total. The van der Waals surface area contributed by atoms with E-state index in [0.717, 1.165) is 38.5 Å². The van der Waals surface area contributed by atoms with E-state index in [2.05, 4.69) is 58.5 Å². The fourth-order valence-corrected chi connectivity index (χ4v) is 4.77. The van der Waals surface area contributed by atoms with E-state index in [1.54, 1.807) is 0 Å². The Bertz CT molecular complexity index is 738. The van der Waals surface area contributed by atoms with E-state index in [1.165, 1.54) is 28.8 Å². The lowest BCUT2D eigenvalue weighted by atomic mass is 10.1. The molecule has 1 aromatic carbocycles. The lowest BCUT2D eigenvalue weighted by Crippen LogP contribution is -2.38. The topological polar surface area (TPSA) is 23.6 Å². The van der Waals surface area contributed by atoms with Crippen molar-refractivity contribution in [1.82, 2.24) is 9.80 Å². The van der Waals surface area contributed by atoms with Crippen molar-refractivity contribution in [2.24, 2.45) is 5.92 Å². The zero-order valence-electron chi connectivity index (χ0n) is 15.6. The van der Waals surface area contributed by atoms with Gasteiger partial charge in [0.15, 0.2) is 0 Å². The number of hydrogen-bond acceptors (Lipinski definition) is 3. The standard InChI is InChI=1S/C22H28N2OS/c1-17(19-5-3-2-4-6-19)23(15-18-7-8-18)13-10-22(25)24-12-9-21-20(16-24)11-14-26-21/h2-6,11,14,17-18H,7-10,12-13,15-16H2,1H3. The van der Waals surface area contributed by atoms with Gasteiger partial charge >= 0.3 is 0 Å². The van der Waals surface area contributed by atoms with E-state index in [-0.39, 0.29) is 0 Å². The van der Waals surface area contributed by atoms with Crippen LogP contribution < -0.4 is 0 Å². The maximum Gasteiger partial charge on any atom is 0.224 e. The number of amides is 1. The lowest BCUT2D eigenvalue weighted by molar-refractivity contribution is -0.132. The average molecular weight is 369 g/mol. The van der Waals surface area contributed by atoms with E-state index in [0.29, 0.717) is 18.4 Å². The summed E-state index contributed by atoms with van der Waals surface area (Å²) in [7, 11) is 0. The molecule has 1 saturated carbocycles. The van der Waals surface area contributed by atoms with Gasteiger partial charge in [0, 0.05) is 43.5 Å². The van der Waals surface area contributed by atoms with Crippen LogP contribution in [0.5, 0.6) is 0 Å². The van der Waals surface area contributed by atoms with Gasteiger partial charge in [0.05, 0.1) is 0 Å². The average Bonchev–Trinajstić information content (AvgIpc) is 3.38. The molecule has 2 heterocycles. The Morgan fingerprint density at radius 2 is 2.08 bits per heavy atom. The molecule has 1 unspecified atom stereocenters. The summed E-state index contributed by atoms with van der Waals surface area (Å²) in [5, 5.41) is 2.15. The number of fused-ring (bicyclic) bond motifs is 1. The molecule has 4 rings (SSSR count). The molecule has 0 spiro atoms. The van der Waals surface area contributed by atoms with Gasteiger partial charge in [-0.2, -0.15) is 0 Å². The summed E-state index contributed by atoms with van der Waals surface area (Å²) in [6.07, 6.45) is 4.34. The molecule has 0 bridgehead atoms. The van der Waals surface area contributed by atoms with Crippen molar-refractivity contribution >= 4 is 17.2 Å². The molecule has 0 radical (unpaired) electrons. The Morgan fingerprint density at radius 1 is 1.27 bits per heavy atom. The van der Waals surface area contributed by atoms with Gasteiger partial charge in [0.1, 0.15) is 0 Å². The third-order valence-corrected chi connectivity index (χ3v) is 6.82. The van der Waals surface area contributed by atoms with Crippen LogP contribution in [-0.4, -0.2) is 35.3 Å². The molecule has 1 atom stereocenters. The molecule has 1 aliphatic heterocycles. The van der Waals surface area contributed by atoms with E-state index < -0.39 is 0 Å². The van der Waals surface area contributed by atoms with Crippen molar-refractivity contribution in [3.63, 3.8) is 0 Å². The van der Waals surface area contributed by atoms with Crippen LogP contribution in [0.15, 0.2) is 41.8 Å². The number of thiophene rings is 1. The summed E-state index contributed by atoms with van der Waals surface area (Å²) >= 11 is 1.83. The first-order chi connectivity index (χ1) is 12.7. The molecular formula is C22H28N2OS. The Morgan fingerprint density at radius 3 is 2.85 bits per heavy atom. The maximum atomic E-state index is 12.8. The highest BCUT2D eigenvalue weighted by Gasteiger charge is 2.28. The summed E-state index contributed by atoms with van der Waals surface area (Å²) in [6, 6.07) is 13.2. The van der Waals surface area contributed by atoms with Crippen molar-refractivity contribution in [2.75, 3.05) is 19.6 Å².